The molecule has 4 heteroatoms. The van der Waals surface area contributed by atoms with Crippen LogP contribution in [0.1, 0.15) is 37.6 Å². The zero-order valence-electron chi connectivity index (χ0n) is 10.9. The minimum absolute atomic E-state index is 0.0179. The van der Waals surface area contributed by atoms with E-state index in [0.29, 0.717) is 6.42 Å². The van der Waals surface area contributed by atoms with Crippen LogP contribution in [0.4, 0.5) is 0 Å². The molecule has 0 aliphatic heterocycles. The molecule has 1 aromatic heterocycles. The lowest BCUT2D eigenvalue weighted by molar-refractivity contribution is -0.127. The molecule has 1 aromatic rings. The van der Waals surface area contributed by atoms with Gasteiger partial charge in [0.2, 0.25) is 0 Å². The molecule has 1 heterocycles. The van der Waals surface area contributed by atoms with Gasteiger partial charge in [-0.05, 0) is 25.8 Å². The van der Waals surface area contributed by atoms with Crippen LogP contribution in [0.5, 0.6) is 0 Å². The van der Waals surface area contributed by atoms with E-state index in [1.165, 1.54) is 0 Å². The number of Topliss-reactive ketones (excluding diaryl/α,β-unsaturated/α-hetero) is 1. The van der Waals surface area contributed by atoms with Crippen molar-refractivity contribution in [1.29, 1.82) is 0 Å². The number of aryl methyl sites for hydroxylation is 2. The summed E-state index contributed by atoms with van der Waals surface area (Å²) in [7, 11) is 1.88. The Kier molecular flexibility index (Phi) is 3.08. The number of nitrogens with two attached hydrogens (primary N) is 1. The molecule has 2 N–H and O–H groups in total. The Bertz CT molecular complexity index is 438. The van der Waals surface area contributed by atoms with Crippen LogP contribution in [0.15, 0.2) is 6.07 Å². The van der Waals surface area contributed by atoms with Crippen LogP contribution in [-0.2, 0) is 18.3 Å². The number of hydrogen-bond acceptors (Lipinski definition) is 3. The maximum atomic E-state index is 12.4. The number of nitrogens with zero attached hydrogens (tertiary/aromatic N) is 2. The van der Waals surface area contributed by atoms with E-state index < -0.39 is 0 Å². The quantitative estimate of drug-likeness (QED) is 0.860. The third-order valence-electron chi connectivity index (χ3n) is 4.11. The summed E-state index contributed by atoms with van der Waals surface area (Å²) in [5.74, 6) is 0.255. The third-order valence-corrected chi connectivity index (χ3v) is 4.11. The Morgan fingerprint density at radius 3 is 2.88 bits per heavy atom. The van der Waals surface area contributed by atoms with Gasteiger partial charge < -0.3 is 5.73 Å². The highest BCUT2D eigenvalue weighted by molar-refractivity contribution is 5.87. The van der Waals surface area contributed by atoms with Crippen LogP contribution in [-0.4, -0.2) is 21.6 Å². The summed E-state index contributed by atoms with van der Waals surface area (Å²) in [6.07, 6.45) is 3.39. The largest absolute Gasteiger partial charge is 0.327 e. The van der Waals surface area contributed by atoms with E-state index in [2.05, 4.69) is 5.10 Å². The molecule has 1 aliphatic carbocycles. The number of carbonyl (C=O) groups excluding carboxylic acids is 1. The molecular formula is C13H21N3O. The van der Waals surface area contributed by atoms with E-state index in [1.807, 2.05) is 27.0 Å². The van der Waals surface area contributed by atoms with Crippen LogP contribution < -0.4 is 5.73 Å². The van der Waals surface area contributed by atoms with Gasteiger partial charge in [-0.15, -0.1) is 0 Å². The molecule has 2 atom stereocenters. The van der Waals surface area contributed by atoms with Crippen molar-refractivity contribution >= 4 is 5.78 Å². The lowest BCUT2D eigenvalue weighted by atomic mass is 9.79. The molecule has 2 unspecified atom stereocenters. The monoisotopic (exact) mass is 235 g/mol. The van der Waals surface area contributed by atoms with Crippen molar-refractivity contribution in [2.24, 2.45) is 18.2 Å². The van der Waals surface area contributed by atoms with E-state index in [9.17, 15) is 4.79 Å². The van der Waals surface area contributed by atoms with Gasteiger partial charge in [-0.2, -0.15) is 5.10 Å². The maximum absolute atomic E-state index is 12.4. The van der Waals surface area contributed by atoms with Gasteiger partial charge in [0.25, 0.3) is 0 Å². The van der Waals surface area contributed by atoms with Crippen LogP contribution in [0.2, 0.25) is 0 Å². The summed E-state index contributed by atoms with van der Waals surface area (Å²) in [5.41, 5.74) is 7.67. The van der Waals surface area contributed by atoms with Crippen molar-refractivity contribution < 1.29 is 4.79 Å². The van der Waals surface area contributed by atoms with Crippen LogP contribution in [0.3, 0.4) is 0 Å². The van der Waals surface area contributed by atoms with Crippen molar-refractivity contribution in [3.8, 4) is 0 Å². The minimum Gasteiger partial charge on any atom is -0.327 e. The molecule has 0 bridgehead atoms. The molecule has 1 fully saturated rings. The summed E-state index contributed by atoms with van der Waals surface area (Å²) < 4.78 is 1.79. The summed E-state index contributed by atoms with van der Waals surface area (Å²) >= 11 is 0. The van der Waals surface area contributed by atoms with Gasteiger partial charge in [0.1, 0.15) is 5.78 Å². The Labute approximate surface area is 102 Å². The van der Waals surface area contributed by atoms with Crippen LogP contribution in [0.25, 0.3) is 0 Å². The standard InChI is InChI=1S/C13H21N3O/c1-9-7-10(16(3)15-9)8-12(17)13(2)6-4-5-11(13)14/h7,11H,4-6,8,14H2,1-3H3. The molecule has 94 valence electrons. The third kappa shape index (κ3) is 2.14. The maximum Gasteiger partial charge on any atom is 0.146 e. The molecule has 1 saturated carbocycles. The fourth-order valence-corrected chi connectivity index (χ4v) is 2.74. The Hall–Kier alpha value is -1.16. The summed E-state index contributed by atoms with van der Waals surface area (Å²) in [6.45, 7) is 3.95. The number of aromatic nitrogens is 2. The average Bonchev–Trinajstić information content (AvgIpc) is 2.73. The second-order valence-corrected chi connectivity index (χ2v) is 5.42. The second-order valence-electron chi connectivity index (χ2n) is 5.42. The summed E-state index contributed by atoms with van der Waals surface area (Å²) in [5, 5.41) is 4.27. The molecule has 17 heavy (non-hydrogen) atoms. The second kappa shape index (κ2) is 4.26. The zero-order chi connectivity index (χ0) is 12.6. The Morgan fingerprint density at radius 2 is 2.41 bits per heavy atom. The molecule has 2 rings (SSSR count). The molecule has 0 aromatic carbocycles. The van der Waals surface area contributed by atoms with Gasteiger partial charge in [-0.25, -0.2) is 0 Å². The van der Waals surface area contributed by atoms with Gasteiger partial charge >= 0.3 is 0 Å². The van der Waals surface area contributed by atoms with E-state index >= 15 is 0 Å². The van der Waals surface area contributed by atoms with Crippen LogP contribution in [0, 0.1) is 12.3 Å². The first-order valence-electron chi connectivity index (χ1n) is 6.22. The summed E-state index contributed by atoms with van der Waals surface area (Å²) in [6, 6.07) is 1.99. The first kappa shape index (κ1) is 12.3. The highest BCUT2D eigenvalue weighted by Gasteiger charge is 2.42. The van der Waals surface area contributed by atoms with Crippen molar-refractivity contribution in [2.75, 3.05) is 0 Å². The normalized spacial score (nSPS) is 28.6. The topological polar surface area (TPSA) is 60.9 Å². The first-order chi connectivity index (χ1) is 7.93. The van der Waals surface area contributed by atoms with E-state index in [-0.39, 0.29) is 17.2 Å². The lowest BCUT2D eigenvalue weighted by Crippen LogP contribution is -2.42. The first-order valence-corrected chi connectivity index (χ1v) is 6.22. The lowest BCUT2D eigenvalue weighted by Gasteiger charge is -2.27. The van der Waals surface area contributed by atoms with Gasteiger partial charge in [-0.1, -0.05) is 13.3 Å². The SMILES string of the molecule is Cc1cc(CC(=O)C2(C)CCCC2N)n(C)n1. The minimum atomic E-state index is -0.335. The van der Waals surface area contributed by atoms with Gasteiger partial charge in [0.15, 0.2) is 0 Å². The molecular weight excluding hydrogens is 214 g/mol. The van der Waals surface area contributed by atoms with Crippen molar-refractivity contribution in [3.05, 3.63) is 17.5 Å². The van der Waals surface area contributed by atoms with Gasteiger partial charge in [0, 0.05) is 30.6 Å². The van der Waals surface area contributed by atoms with Crippen molar-refractivity contribution in [3.63, 3.8) is 0 Å². The molecule has 0 radical (unpaired) electrons. The average molecular weight is 235 g/mol. The predicted molar refractivity (Wildman–Crippen MR) is 66.6 cm³/mol. The number of ketones is 1. The zero-order valence-corrected chi connectivity index (χ0v) is 10.9. The summed E-state index contributed by atoms with van der Waals surface area (Å²) in [4.78, 5) is 12.4. The Morgan fingerprint density at radius 1 is 1.71 bits per heavy atom. The van der Waals surface area contributed by atoms with E-state index in [4.69, 9.17) is 5.73 Å². The smallest absolute Gasteiger partial charge is 0.146 e. The Balaban J connectivity index is 2.14. The highest BCUT2D eigenvalue weighted by Crippen LogP contribution is 2.38. The number of rotatable bonds is 3. The molecule has 0 saturated heterocycles. The molecule has 4 nitrogen and oxygen atoms in total. The highest BCUT2D eigenvalue weighted by atomic mass is 16.1. The van der Waals surface area contributed by atoms with Crippen LogP contribution >= 0.6 is 0 Å². The van der Waals surface area contributed by atoms with Gasteiger partial charge in [-0.3, -0.25) is 9.48 Å². The van der Waals surface area contributed by atoms with Gasteiger partial charge in [0.05, 0.1) is 5.69 Å². The number of carbonyl (C=O) groups is 1. The molecule has 1 aliphatic rings. The van der Waals surface area contributed by atoms with E-state index in [0.717, 1.165) is 30.7 Å². The number of hydrogen-bond donors (Lipinski definition) is 1. The van der Waals surface area contributed by atoms with Crippen molar-refractivity contribution in [2.45, 2.75) is 45.6 Å². The molecule has 0 amide bonds. The van der Waals surface area contributed by atoms with E-state index in [1.54, 1.807) is 4.68 Å². The fourth-order valence-electron chi connectivity index (χ4n) is 2.74. The molecule has 0 spiro atoms. The van der Waals surface area contributed by atoms with Crippen molar-refractivity contribution in [1.82, 2.24) is 9.78 Å². The fraction of sp³-hybridized carbons (Fsp3) is 0.692. The predicted octanol–water partition coefficient (Wildman–Crippen LogP) is 1.36.